The van der Waals surface area contributed by atoms with Crippen LogP contribution in [-0.4, -0.2) is 4.98 Å². The number of alkyl halides is 3. The molecule has 0 saturated carbocycles. The molecule has 0 aliphatic heterocycles. The first kappa shape index (κ1) is 14.8. The standard InChI is InChI=1S/C14H8F4N2O/c1-8-2-4-10(15)11(6-8)21-13-9(7-19)3-5-12(20-13)14(16,17)18/h2-6H,1H3. The largest absolute Gasteiger partial charge is 0.435 e. The lowest BCUT2D eigenvalue weighted by Gasteiger charge is -2.11. The molecule has 0 atom stereocenters. The van der Waals surface area contributed by atoms with Crippen molar-refractivity contribution in [3.05, 3.63) is 53.0 Å². The van der Waals surface area contributed by atoms with Crippen LogP contribution < -0.4 is 4.74 Å². The van der Waals surface area contributed by atoms with Crippen LogP contribution in [0.4, 0.5) is 17.6 Å². The summed E-state index contributed by atoms with van der Waals surface area (Å²) >= 11 is 0. The summed E-state index contributed by atoms with van der Waals surface area (Å²) in [5.74, 6) is -1.64. The molecule has 0 N–H and O–H groups in total. The molecule has 0 spiro atoms. The maximum absolute atomic E-state index is 13.6. The fourth-order valence-corrected chi connectivity index (χ4v) is 1.55. The zero-order chi connectivity index (χ0) is 15.6. The Morgan fingerprint density at radius 2 is 1.90 bits per heavy atom. The average molecular weight is 296 g/mol. The highest BCUT2D eigenvalue weighted by molar-refractivity contribution is 5.42. The summed E-state index contributed by atoms with van der Waals surface area (Å²) in [6.07, 6.45) is -4.68. The van der Waals surface area contributed by atoms with Gasteiger partial charge in [-0.1, -0.05) is 6.07 Å². The minimum absolute atomic E-state index is 0.219. The van der Waals surface area contributed by atoms with E-state index in [1.54, 1.807) is 13.0 Å². The van der Waals surface area contributed by atoms with Crippen molar-refractivity contribution in [1.29, 1.82) is 5.26 Å². The van der Waals surface area contributed by atoms with Gasteiger partial charge in [0.25, 0.3) is 0 Å². The first-order chi connectivity index (χ1) is 9.81. The Morgan fingerprint density at radius 3 is 2.52 bits per heavy atom. The van der Waals surface area contributed by atoms with E-state index in [-0.39, 0.29) is 11.3 Å². The number of pyridine rings is 1. The molecule has 1 aromatic carbocycles. The molecule has 0 unspecified atom stereocenters. The van der Waals surface area contributed by atoms with E-state index in [0.717, 1.165) is 12.1 Å². The summed E-state index contributed by atoms with van der Waals surface area (Å²) in [6.45, 7) is 1.66. The lowest BCUT2D eigenvalue weighted by atomic mass is 10.2. The molecular weight excluding hydrogens is 288 g/mol. The Balaban J connectivity index is 2.47. The summed E-state index contributed by atoms with van der Waals surface area (Å²) in [7, 11) is 0. The topological polar surface area (TPSA) is 45.9 Å². The molecule has 3 nitrogen and oxygen atoms in total. The van der Waals surface area contributed by atoms with Gasteiger partial charge in [0.2, 0.25) is 5.88 Å². The number of aryl methyl sites for hydroxylation is 1. The third-order valence-corrected chi connectivity index (χ3v) is 2.56. The van der Waals surface area contributed by atoms with Gasteiger partial charge < -0.3 is 4.74 Å². The maximum atomic E-state index is 13.6. The molecule has 0 aliphatic rings. The van der Waals surface area contributed by atoms with Crippen molar-refractivity contribution in [2.75, 3.05) is 0 Å². The maximum Gasteiger partial charge on any atom is 0.433 e. The first-order valence-corrected chi connectivity index (χ1v) is 5.73. The van der Waals surface area contributed by atoms with Crippen LogP contribution in [0.2, 0.25) is 0 Å². The van der Waals surface area contributed by atoms with Crippen LogP contribution >= 0.6 is 0 Å². The monoisotopic (exact) mass is 296 g/mol. The van der Waals surface area contributed by atoms with Crippen LogP contribution in [0.5, 0.6) is 11.6 Å². The van der Waals surface area contributed by atoms with Crippen molar-refractivity contribution < 1.29 is 22.3 Å². The first-order valence-electron chi connectivity index (χ1n) is 5.73. The van der Waals surface area contributed by atoms with E-state index in [1.807, 2.05) is 0 Å². The van der Waals surface area contributed by atoms with Crippen LogP contribution in [0.15, 0.2) is 30.3 Å². The molecule has 108 valence electrons. The number of nitriles is 1. The van der Waals surface area contributed by atoms with Gasteiger partial charge in [-0.2, -0.15) is 18.4 Å². The third kappa shape index (κ3) is 3.28. The van der Waals surface area contributed by atoms with E-state index < -0.39 is 23.6 Å². The summed E-state index contributed by atoms with van der Waals surface area (Å²) in [4.78, 5) is 3.24. The van der Waals surface area contributed by atoms with Crippen molar-refractivity contribution in [1.82, 2.24) is 4.98 Å². The highest BCUT2D eigenvalue weighted by Crippen LogP contribution is 2.32. The van der Waals surface area contributed by atoms with Gasteiger partial charge in [-0.15, -0.1) is 0 Å². The van der Waals surface area contributed by atoms with Crippen molar-refractivity contribution in [3.8, 4) is 17.7 Å². The van der Waals surface area contributed by atoms with Gasteiger partial charge in [-0.3, -0.25) is 0 Å². The molecule has 0 fully saturated rings. The minimum atomic E-state index is -4.68. The predicted molar refractivity (Wildman–Crippen MR) is 65.2 cm³/mol. The summed E-state index contributed by atoms with van der Waals surface area (Å²) < 4.78 is 56.4. The van der Waals surface area contributed by atoms with Gasteiger partial charge in [-0.05, 0) is 36.8 Å². The quantitative estimate of drug-likeness (QED) is 0.780. The lowest BCUT2D eigenvalue weighted by Crippen LogP contribution is -2.09. The van der Waals surface area contributed by atoms with E-state index in [0.29, 0.717) is 11.6 Å². The molecule has 2 rings (SSSR count). The highest BCUT2D eigenvalue weighted by atomic mass is 19.4. The minimum Gasteiger partial charge on any atom is -0.435 e. The molecule has 1 heterocycles. The summed E-state index contributed by atoms with van der Waals surface area (Å²) in [6, 6.07) is 7.14. The lowest BCUT2D eigenvalue weighted by molar-refractivity contribution is -0.141. The Bertz CT molecular complexity index is 720. The van der Waals surface area contributed by atoms with Crippen molar-refractivity contribution >= 4 is 0 Å². The number of hydrogen-bond acceptors (Lipinski definition) is 3. The zero-order valence-electron chi connectivity index (χ0n) is 10.7. The van der Waals surface area contributed by atoms with E-state index in [9.17, 15) is 17.6 Å². The van der Waals surface area contributed by atoms with Crippen LogP contribution in [0.3, 0.4) is 0 Å². The van der Waals surface area contributed by atoms with E-state index in [4.69, 9.17) is 10.00 Å². The smallest absolute Gasteiger partial charge is 0.433 e. The van der Waals surface area contributed by atoms with Crippen molar-refractivity contribution in [3.63, 3.8) is 0 Å². The second-order valence-corrected chi connectivity index (χ2v) is 4.19. The fraction of sp³-hybridized carbons (Fsp3) is 0.143. The van der Waals surface area contributed by atoms with Crippen molar-refractivity contribution in [2.24, 2.45) is 0 Å². The molecule has 0 bridgehead atoms. The average Bonchev–Trinajstić information content (AvgIpc) is 2.42. The Morgan fingerprint density at radius 1 is 1.19 bits per heavy atom. The van der Waals surface area contributed by atoms with Crippen LogP contribution in [0.1, 0.15) is 16.8 Å². The van der Waals surface area contributed by atoms with Crippen LogP contribution in [-0.2, 0) is 6.18 Å². The normalized spacial score (nSPS) is 11.0. The number of hydrogen-bond donors (Lipinski definition) is 0. The molecule has 1 aromatic heterocycles. The second kappa shape index (κ2) is 5.40. The molecular formula is C14H8F4N2O. The number of ether oxygens (including phenoxy) is 1. The second-order valence-electron chi connectivity index (χ2n) is 4.19. The highest BCUT2D eigenvalue weighted by Gasteiger charge is 2.33. The van der Waals surface area contributed by atoms with Gasteiger partial charge >= 0.3 is 6.18 Å². The van der Waals surface area contributed by atoms with Gasteiger partial charge in [0, 0.05) is 0 Å². The molecule has 7 heteroatoms. The molecule has 21 heavy (non-hydrogen) atoms. The van der Waals surface area contributed by atoms with E-state index >= 15 is 0 Å². The predicted octanol–water partition coefficient (Wildman–Crippen LogP) is 4.21. The Kier molecular flexibility index (Phi) is 3.80. The Labute approximate surface area is 117 Å². The SMILES string of the molecule is Cc1ccc(F)c(Oc2nc(C(F)(F)F)ccc2C#N)c1. The van der Waals surface area contributed by atoms with Gasteiger partial charge in [0.05, 0.1) is 0 Å². The summed E-state index contributed by atoms with van der Waals surface area (Å²) in [5, 5.41) is 8.87. The number of halogens is 4. The number of aromatic nitrogens is 1. The number of nitrogens with zero attached hydrogens (tertiary/aromatic N) is 2. The van der Waals surface area contributed by atoms with Gasteiger partial charge in [0.1, 0.15) is 17.3 Å². The fourth-order valence-electron chi connectivity index (χ4n) is 1.55. The van der Waals surface area contributed by atoms with Gasteiger partial charge in [-0.25, -0.2) is 9.37 Å². The van der Waals surface area contributed by atoms with Crippen molar-refractivity contribution in [2.45, 2.75) is 13.1 Å². The summed E-state index contributed by atoms with van der Waals surface area (Å²) in [5.41, 5.74) is -0.787. The molecule has 0 aliphatic carbocycles. The number of benzene rings is 1. The molecule has 0 saturated heterocycles. The zero-order valence-corrected chi connectivity index (χ0v) is 10.7. The molecule has 0 amide bonds. The van der Waals surface area contributed by atoms with Gasteiger partial charge in [0.15, 0.2) is 11.6 Å². The van der Waals surface area contributed by atoms with E-state index in [2.05, 4.69) is 4.98 Å². The Hall–Kier alpha value is -2.62. The van der Waals surface area contributed by atoms with E-state index in [1.165, 1.54) is 12.1 Å². The van der Waals surface area contributed by atoms with Crippen LogP contribution in [0, 0.1) is 24.1 Å². The molecule has 0 radical (unpaired) electrons. The third-order valence-electron chi connectivity index (χ3n) is 2.56. The van der Waals surface area contributed by atoms with Crippen LogP contribution in [0.25, 0.3) is 0 Å². The number of rotatable bonds is 2. The molecule has 2 aromatic rings.